The van der Waals surface area contributed by atoms with Gasteiger partial charge < -0.3 is 11.5 Å². The summed E-state index contributed by atoms with van der Waals surface area (Å²) >= 11 is 0. The van der Waals surface area contributed by atoms with E-state index in [-0.39, 0.29) is 0 Å². The van der Waals surface area contributed by atoms with Crippen LogP contribution in [0.2, 0.25) is 0 Å². The maximum absolute atomic E-state index is 9.82. The van der Waals surface area contributed by atoms with Gasteiger partial charge in [0.1, 0.15) is 0 Å². The molecule has 0 radical (unpaired) electrons. The Kier molecular flexibility index (Phi) is 15.7. The zero-order chi connectivity index (χ0) is 12.8. The van der Waals surface area contributed by atoms with Crippen molar-refractivity contribution in [2.75, 3.05) is 24.6 Å². The molecule has 0 aliphatic rings. The highest BCUT2D eigenvalue weighted by atomic mass is 33.1. The zero-order valence-electron chi connectivity index (χ0n) is 9.27. The third kappa shape index (κ3) is 18.9. The Morgan fingerprint density at radius 1 is 1.44 bits per heavy atom. The van der Waals surface area contributed by atoms with Crippen molar-refractivity contribution in [3.05, 3.63) is 12.2 Å². The van der Waals surface area contributed by atoms with Gasteiger partial charge in [-0.3, -0.25) is 4.79 Å². The second-order valence-electron chi connectivity index (χ2n) is 2.55. The third-order valence-corrected chi connectivity index (χ3v) is 3.47. The fourth-order valence-corrected chi connectivity index (χ4v) is 2.01. The summed E-state index contributed by atoms with van der Waals surface area (Å²) in [7, 11) is 3.39. The average Bonchev–Trinajstić information content (AvgIpc) is 2.24. The smallest absolute Gasteiger partial charge is 0.243 e. The van der Waals surface area contributed by atoms with Gasteiger partial charge in [0, 0.05) is 23.6 Å². The molecule has 0 heterocycles. The maximum atomic E-state index is 9.82. The average molecular weight is 263 g/mol. The van der Waals surface area contributed by atoms with E-state index in [0.717, 1.165) is 11.5 Å². The van der Waals surface area contributed by atoms with Gasteiger partial charge in [-0.05, 0) is 6.92 Å². The molecule has 0 fully saturated rings. The van der Waals surface area contributed by atoms with Crippen LogP contribution in [0.1, 0.15) is 6.92 Å². The van der Waals surface area contributed by atoms with E-state index in [1.54, 1.807) is 28.5 Å². The first kappa shape index (κ1) is 17.6. The monoisotopic (exact) mass is 263 g/mol. The third-order valence-electron chi connectivity index (χ3n) is 1.06. The predicted octanol–water partition coefficient (Wildman–Crippen LogP) is 0.710. The summed E-state index contributed by atoms with van der Waals surface area (Å²) in [4.78, 5) is 22.8. The van der Waals surface area contributed by atoms with Crippen molar-refractivity contribution in [3.8, 4) is 0 Å². The Hall–Kier alpha value is -0.750. The normalized spacial score (nSPS) is 8.38. The lowest BCUT2D eigenvalue weighted by atomic mass is 10.3. The number of carbonyl (C=O) groups is 1. The molecule has 0 atom stereocenters. The van der Waals surface area contributed by atoms with E-state index >= 15 is 0 Å². The van der Waals surface area contributed by atoms with Crippen LogP contribution in [-0.2, 0) is 9.59 Å². The SMILES string of the molecule is C=C(C)C(N)=O.NCCSSCCN=C=O. The number of hydrogen-bond acceptors (Lipinski definition) is 6. The van der Waals surface area contributed by atoms with Crippen molar-refractivity contribution in [1.82, 2.24) is 0 Å². The number of hydrogen-bond donors (Lipinski definition) is 2. The minimum atomic E-state index is -0.435. The highest BCUT2D eigenvalue weighted by Crippen LogP contribution is 2.19. The molecule has 92 valence electrons. The molecule has 0 aromatic heterocycles. The van der Waals surface area contributed by atoms with Crippen molar-refractivity contribution < 1.29 is 9.59 Å². The lowest BCUT2D eigenvalue weighted by Gasteiger charge is -1.93. The molecule has 0 aromatic rings. The zero-order valence-corrected chi connectivity index (χ0v) is 10.9. The summed E-state index contributed by atoms with van der Waals surface area (Å²) in [5.74, 6) is 1.38. The predicted molar refractivity (Wildman–Crippen MR) is 71.0 cm³/mol. The van der Waals surface area contributed by atoms with Gasteiger partial charge in [0.05, 0.1) is 6.54 Å². The van der Waals surface area contributed by atoms with Crippen molar-refractivity contribution >= 4 is 33.6 Å². The molecule has 0 saturated heterocycles. The second-order valence-corrected chi connectivity index (χ2v) is 5.25. The van der Waals surface area contributed by atoms with Crippen LogP contribution in [0, 0.1) is 0 Å². The summed E-state index contributed by atoms with van der Waals surface area (Å²) in [5, 5.41) is 0. The second kappa shape index (κ2) is 14.2. The number of isocyanates is 1. The van der Waals surface area contributed by atoms with Crippen molar-refractivity contribution in [2.45, 2.75) is 6.92 Å². The van der Waals surface area contributed by atoms with E-state index in [0.29, 0.717) is 18.7 Å². The molecule has 4 N–H and O–H groups in total. The topological polar surface area (TPSA) is 98.5 Å². The highest BCUT2D eigenvalue weighted by Gasteiger charge is 1.87. The van der Waals surface area contributed by atoms with Crippen molar-refractivity contribution in [3.63, 3.8) is 0 Å². The quantitative estimate of drug-likeness (QED) is 0.232. The number of carbonyl (C=O) groups excluding carboxylic acids is 2. The first-order chi connectivity index (χ1) is 7.56. The fraction of sp³-hybridized carbons (Fsp3) is 0.556. The molecule has 0 bridgehead atoms. The number of amides is 1. The van der Waals surface area contributed by atoms with Gasteiger partial charge in [0.25, 0.3) is 0 Å². The van der Waals surface area contributed by atoms with Crippen LogP contribution in [0.5, 0.6) is 0 Å². The molecular weight excluding hydrogens is 246 g/mol. The van der Waals surface area contributed by atoms with Gasteiger partial charge in [-0.1, -0.05) is 28.2 Å². The van der Waals surface area contributed by atoms with Crippen LogP contribution >= 0.6 is 21.6 Å². The molecule has 0 aliphatic heterocycles. The van der Waals surface area contributed by atoms with Crippen LogP contribution in [0.3, 0.4) is 0 Å². The number of nitrogens with two attached hydrogens (primary N) is 2. The number of aliphatic imine (C=N–C) groups is 1. The molecule has 1 amide bonds. The van der Waals surface area contributed by atoms with Crippen LogP contribution in [0.25, 0.3) is 0 Å². The summed E-state index contributed by atoms with van der Waals surface area (Å²) < 4.78 is 0. The van der Waals surface area contributed by atoms with Gasteiger partial charge in [0.15, 0.2) is 0 Å². The summed E-state index contributed by atoms with van der Waals surface area (Å²) in [6.07, 6.45) is 1.49. The van der Waals surface area contributed by atoms with E-state index in [9.17, 15) is 9.59 Å². The fourth-order valence-electron chi connectivity index (χ4n) is 0.295. The molecule has 0 spiro atoms. The largest absolute Gasteiger partial charge is 0.366 e. The summed E-state index contributed by atoms with van der Waals surface area (Å²) in [5.41, 5.74) is 10.3. The summed E-state index contributed by atoms with van der Waals surface area (Å²) in [6.45, 7) is 6.12. The van der Waals surface area contributed by atoms with Gasteiger partial charge in [0.2, 0.25) is 12.0 Å². The Morgan fingerprint density at radius 2 is 1.94 bits per heavy atom. The van der Waals surface area contributed by atoms with Crippen LogP contribution in [0.15, 0.2) is 17.1 Å². The Labute approximate surface area is 104 Å². The number of primary amides is 1. The van der Waals surface area contributed by atoms with E-state index in [1.165, 1.54) is 6.08 Å². The molecule has 0 saturated carbocycles. The van der Waals surface area contributed by atoms with Crippen molar-refractivity contribution in [1.29, 1.82) is 0 Å². The van der Waals surface area contributed by atoms with E-state index < -0.39 is 5.91 Å². The van der Waals surface area contributed by atoms with Gasteiger partial charge in [-0.25, -0.2) is 9.79 Å². The van der Waals surface area contributed by atoms with E-state index in [2.05, 4.69) is 11.6 Å². The van der Waals surface area contributed by atoms with E-state index in [1.807, 2.05) is 0 Å². The molecule has 5 nitrogen and oxygen atoms in total. The molecule has 0 aliphatic carbocycles. The van der Waals surface area contributed by atoms with Gasteiger partial charge in [-0.15, -0.1) is 0 Å². The molecule has 0 unspecified atom stereocenters. The Bertz CT molecular complexity index is 241. The minimum Gasteiger partial charge on any atom is -0.366 e. The maximum Gasteiger partial charge on any atom is 0.243 e. The van der Waals surface area contributed by atoms with Crippen molar-refractivity contribution in [2.24, 2.45) is 16.5 Å². The summed E-state index contributed by atoms with van der Waals surface area (Å²) in [6, 6.07) is 0. The lowest BCUT2D eigenvalue weighted by Crippen LogP contribution is -2.10. The van der Waals surface area contributed by atoms with Crippen LogP contribution in [-0.4, -0.2) is 36.6 Å². The lowest BCUT2D eigenvalue weighted by molar-refractivity contribution is -0.114. The molecule has 7 heteroatoms. The molecule has 16 heavy (non-hydrogen) atoms. The first-order valence-electron chi connectivity index (χ1n) is 4.49. The first-order valence-corrected chi connectivity index (χ1v) is 6.98. The minimum absolute atomic E-state index is 0.398. The van der Waals surface area contributed by atoms with Crippen LogP contribution < -0.4 is 11.5 Å². The van der Waals surface area contributed by atoms with Gasteiger partial charge >= 0.3 is 0 Å². The standard InChI is InChI=1S/C5H10N2OS2.C4H7NO/c6-1-3-9-10-4-2-7-5-8;1-3(2)4(5)6/h1-4,6H2;1H2,2H3,(H2,5,6). The van der Waals surface area contributed by atoms with Gasteiger partial charge in [-0.2, -0.15) is 0 Å². The number of rotatable bonds is 7. The Balaban J connectivity index is 0. The van der Waals surface area contributed by atoms with E-state index in [4.69, 9.17) is 11.5 Å². The highest BCUT2D eigenvalue weighted by molar-refractivity contribution is 8.76. The molecule has 0 rings (SSSR count). The molecule has 0 aromatic carbocycles. The Morgan fingerprint density at radius 3 is 2.31 bits per heavy atom. The van der Waals surface area contributed by atoms with Crippen LogP contribution in [0.4, 0.5) is 0 Å². The molecular formula is C9H17N3O2S2. The number of nitrogens with zero attached hydrogens (tertiary/aromatic N) is 1.